The predicted octanol–water partition coefficient (Wildman–Crippen LogP) is 3.60. The van der Waals surface area contributed by atoms with E-state index in [-0.39, 0.29) is 38.6 Å². The minimum absolute atomic E-state index is 0.102. The van der Waals surface area contributed by atoms with Gasteiger partial charge in [-0.15, -0.1) is 11.3 Å². The maximum atomic E-state index is 12.7. The van der Waals surface area contributed by atoms with E-state index in [1.807, 2.05) is 0 Å². The molecule has 2 amide bonds. The summed E-state index contributed by atoms with van der Waals surface area (Å²) in [7, 11) is 1.20. The molecule has 0 aliphatic rings. The van der Waals surface area contributed by atoms with E-state index in [9.17, 15) is 24.5 Å². The van der Waals surface area contributed by atoms with E-state index in [1.165, 1.54) is 31.4 Å². The molecule has 0 saturated carbocycles. The molecule has 1 aromatic carbocycles. The maximum Gasteiger partial charge on any atom is 0.341 e. The molecular formula is C18H19N3O6S. The molecule has 0 radical (unpaired) electrons. The van der Waals surface area contributed by atoms with Gasteiger partial charge in [0.1, 0.15) is 5.00 Å². The summed E-state index contributed by atoms with van der Waals surface area (Å²) in [5, 5.41) is 16.3. The smallest absolute Gasteiger partial charge is 0.341 e. The van der Waals surface area contributed by atoms with Crippen molar-refractivity contribution >= 4 is 45.5 Å². The molecule has 10 heteroatoms. The molecule has 0 unspecified atom stereocenters. The second-order valence-electron chi connectivity index (χ2n) is 6.16. The second kappa shape index (κ2) is 8.61. The molecule has 1 aromatic heterocycles. The summed E-state index contributed by atoms with van der Waals surface area (Å²) < 4.78 is 4.76. The lowest BCUT2D eigenvalue weighted by molar-refractivity contribution is -0.384. The summed E-state index contributed by atoms with van der Waals surface area (Å²) in [4.78, 5) is 47.4. The van der Waals surface area contributed by atoms with Gasteiger partial charge in [0.15, 0.2) is 0 Å². The third-order valence-electron chi connectivity index (χ3n) is 3.82. The first-order valence-corrected chi connectivity index (χ1v) is 9.05. The number of carbonyl (C=O) groups is 3. The molecule has 2 aromatic rings. The number of carbonyl (C=O) groups excluding carboxylic acids is 3. The Morgan fingerprint density at radius 3 is 2.46 bits per heavy atom. The van der Waals surface area contributed by atoms with Crippen molar-refractivity contribution in [2.45, 2.75) is 20.8 Å². The van der Waals surface area contributed by atoms with Gasteiger partial charge in [0, 0.05) is 23.7 Å². The highest BCUT2D eigenvalue weighted by Crippen LogP contribution is 2.34. The summed E-state index contributed by atoms with van der Waals surface area (Å²) in [5.74, 6) is -1.87. The van der Waals surface area contributed by atoms with Crippen LogP contribution in [0.15, 0.2) is 24.3 Å². The molecule has 148 valence electrons. The van der Waals surface area contributed by atoms with Crippen molar-refractivity contribution in [3.05, 3.63) is 50.4 Å². The number of nitro benzene ring substituents is 1. The summed E-state index contributed by atoms with van der Waals surface area (Å²) in [6.07, 6.45) is 0. The predicted molar refractivity (Wildman–Crippen MR) is 105 cm³/mol. The van der Waals surface area contributed by atoms with Crippen molar-refractivity contribution in [2.24, 2.45) is 5.92 Å². The Kier molecular flexibility index (Phi) is 6.47. The van der Waals surface area contributed by atoms with Crippen LogP contribution < -0.4 is 10.6 Å². The number of ether oxygens (including phenoxy) is 1. The summed E-state index contributed by atoms with van der Waals surface area (Å²) in [6, 6.07) is 5.49. The zero-order valence-corrected chi connectivity index (χ0v) is 16.5. The van der Waals surface area contributed by atoms with Crippen LogP contribution in [0.25, 0.3) is 0 Å². The van der Waals surface area contributed by atoms with Crippen LogP contribution in [0.1, 0.15) is 39.4 Å². The Balaban J connectivity index is 2.39. The number of anilines is 2. The largest absolute Gasteiger partial charge is 0.465 e. The van der Waals surface area contributed by atoms with Crippen LogP contribution >= 0.6 is 11.3 Å². The lowest BCUT2D eigenvalue weighted by Gasteiger charge is -2.07. The Labute approximate surface area is 164 Å². The van der Waals surface area contributed by atoms with Crippen LogP contribution in [0, 0.1) is 23.0 Å². The van der Waals surface area contributed by atoms with E-state index >= 15 is 0 Å². The van der Waals surface area contributed by atoms with E-state index in [4.69, 9.17) is 4.74 Å². The summed E-state index contributed by atoms with van der Waals surface area (Å²) in [6.45, 7) is 4.96. The van der Waals surface area contributed by atoms with E-state index in [0.717, 1.165) is 11.3 Å². The number of rotatable bonds is 6. The first-order chi connectivity index (χ1) is 13.1. The van der Waals surface area contributed by atoms with Crippen molar-refractivity contribution in [3.63, 3.8) is 0 Å². The van der Waals surface area contributed by atoms with Crippen molar-refractivity contribution in [1.29, 1.82) is 0 Å². The molecule has 2 N–H and O–H groups in total. The number of hydrogen-bond donors (Lipinski definition) is 2. The van der Waals surface area contributed by atoms with Crippen LogP contribution in [0.5, 0.6) is 0 Å². The number of nitrogens with zero attached hydrogens (tertiary/aromatic N) is 1. The highest BCUT2D eigenvalue weighted by atomic mass is 32.1. The molecule has 28 heavy (non-hydrogen) atoms. The van der Waals surface area contributed by atoms with E-state index < -0.39 is 16.8 Å². The molecule has 0 fully saturated rings. The highest BCUT2D eigenvalue weighted by molar-refractivity contribution is 7.18. The number of benzene rings is 1. The summed E-state index contributed by atoms with van der Waals surface area (Å²) >= 11 is 0.935. The number of thiophene rings is 1. The van der Waals surface area contributed by atoms with E-state index in [1.54, 1.807) is 20.8 Å². The van der Waals surface area contributed by atoms with E-state index in [0.29, 0.717) is 5.56 Å². The second-order valence-corrected chi connectivity index (χ2v) is 7.18. The average Bonchev–Trinajstić information content (AvgIpc) is 2.97. The van der Waals surface area contributed by atoms with Gasteiger partial charge in [-0.05, 0) is 18.6 Å². The third kappa shape index (κ3) is 4.52. The first-order valence-electron chi connectivity index (χ1n) is 8.24. The number of nitro groups is 1. The van der Waals surface area contributed by atoms with Crippen LogP contribution in [0.2, 0.25) is 0 Å². The van der Waals surface area contributed by atoms with Gasteiger partial charge in [0.2, 0.25) is 5.91 Å². The molecule has 0 bridgehead atoms. The molecule has 0 aliphatic carbocycles. The lowest BCUT2D eigenvalue weighted by atomic mass is 10.1. The number of esters is 1. The number of non-ortho nitro benzene ring substituents is 1. The molecule has 0 atom stereocenters. The third-order valence-corrected chi connectivity index (χ3v) is 5.02. The van der Waals surface area contributed by atoms with Crippen LogP contribution in [-0.2, 0) is 9.53 Å². The maximum absolute atomic E-state index is 12.7. The summed E-state index contributed by atoms with van der Waals surface area (Å²) in [5.41, 5.74) is 0.518. The molecule has 1 heterocycles. The van der Waals surface area contributed by atoms with E-state index in [2.05, 4.69) is 10.6 Å². The van der Waals surface area contributed by atoms with Crippen LogP contribution in [-0.4, -0.2) is 29.8 Å². The van der Waals surface area contributed by atoms with Gasteiger partial charge in [-0.3, -0.25) is 19.7 Å². The number of hydrogen-bond acceptors (Lipinski definition) is 7. The topological polar surface area (TPSA) is 128 Å². The van der Waals surface area contributed by atoms with Gasteiger partial charge in [-0.2, -0.15) is 0 Å². The normalized spacial score (nSPS) is 10.5. The molecular weight excluding hydrogens is 386 g/mol. The SMILES string of the molecule is COC(=O)c1c(NC(=O)C(C)C)sc(C(=O)Nc2cccc([N+](=O)[O-])c2)c1C. The Morgan fingerprint density at radius 2 is 1.89 bits per heavy atom. The fraction of sp³-hybridized carbons (Fsp3) is 0.278. The van der Waals surface area contributed by atoms with Crippen molar-refractivity contribution in [1.82, 2.24) is 0 Å². The highest BCUT2D eigenvalue weighted by Gasteiger charge is 2.27. The van der Waals surface area contributed by atoms with Gasteiger partial charge in [-0.25, -0.2) is 4.79 Å². The molecule has 0 saturated heterocycles. The monoisotopic (exact) mass is 405 g/mol. The molecule has 0 spiro atoms. The number of methoxy groups -OCH3 is 1. The van der Waals surface area contributed by atoms with Gasteiger partial charge in [0.25, 0.3) is 11.6 Å². The zero-order valence-electron chi connectivity index (χ0n) is 15.7. The average molecular weight is 405 g/mol. The lowest BCUT2D eigenvalue weighted by Crippen LogP contribution is -2.19. The molecule has 2 rings (SSSR count). The zero-order chi connectivity index (χ0) is 21.0. The van der Waals surface area contributed by atoms with Gasteiger partial charge in [-0.1, -0.05) is 19.9 Å². The number of amides is 2. The first kappa shape index (κ1) is 21.0. The minimum atomic E-state index is -0.679. The quantitative estimate of drug-likeness (QED) is 0.429. The van der Waals surface area contributed by atoms with Crippen molar-refractivity contribution in [3.8, 4) is 0 Å². The van der Waals surface area contributed by atoms with Gasteiger partial charge >= 0.3 is 5.97 Å². The molecule has 9 nitrogen and oxygen atoms in total. The van der Waals surface area contributed by atoms with Gasteiger partial charge < -0.3 is 15.4 Å². The fourth-order valence-electron chi connectivity index (χ4n) is 2.31. The van der Waals surface area contributed by atoms with Crippen molar-refractivity contribution < 1.29 is 24.0 Å². The fourth-order valence-corrected chi connectivity index (χ4v) is 3.40. The number of nitrogens with one attached hydrogen (secondary N) is 2. The Hall–Kier alpha value is -3.27. The van der Waals surface area contributed by atoms with Crippen LogP contribution in [0.3, 0.4) is 0 Å². The van der Waals surface area contributed by atoms with Crippen molar-refractivity contribution in [2.75, 3.05) is 17.7 Å². The Bertz CT molecular complexity index is 951. The standard InChI is InChI=1S/C18H19N3O6S/c1-9(2)15(22)20-17-13(18(24)27-4)10(3)14(28-17)16(23)19-11-6-5-7-12(8-11)21(25)26/h5-9H,1-4H3,(H,19,23)(H,20,22). The Morgan fingerprint density at radius 1 is 1.21 bits per heavy atom. The van der Waals surface area contributed by atoms with Crippen LogP contribution in [0.4, 0.5) is 16.4 Å². The minimum Gasteiger partial charge on any atom is -0.465 e. The molecule has 0 aliphatic heterocycles. The van der Waals surface area contributed by atoms with Gasteiger partial charge in [0.05, 0.1) is 22.5 Å².